The second-order valence-electron chi connectivity index (χ2n) is 6.88. The second-order valence-corrected chi connectivity index (χ2v) is 6.88. The quantitative estimate of drug-likeness (QED) is 0.596. The number of rotatable bonds is 4. The van der Waals surface area contributed by atoms with E-state index in [2.05, 4.69) is 37.2 Å². The first kappa shape index (κ1) is 25.1. The third-order valence-corrected chi connectivity index (χ3v) is 3.87. The van der Waals surface area contributed by atoms with E-state index in [1.54, 1.807) is 20.2 Å². The van der Waals surface area contributed by atoms with Crippen LogP contribution < -0.4 is 0 Å². The molecule has 0 aliphatic heterocycles. The number of halogens is 1. The summed E-state index contributed by atoms with van der Waals surface area (Å²) in [6.07, 6.45) is 5.77. The fourth-order valence-electron chi connectivity index (χ4n) is 2.27. The molecule has 0 atom stereocenters. The standard InChI is InChI=1S/C13H15FN2.C4H10.C3H7NO.C2H6/c1-8(2)16-11-5-3-4-10(14)12(11)15-13(16)9-6-7-9;1-3-4-2;1-4(2)3-5;1-2/h3-5,8-9H,6-7H2,1-2H3;3-4H2,1-2H3;3H,1-2H3;1-2H3. The van der Waals surface area contributed by atoms with Crippen LogP contribution in [0.5, 0.6) is 0 Å². The smallest absolute Gasteiger partial charge is 0.209 e. The maximum absolute atomic E-state index is 13.7. The van der Waals surface area contributed by atoms with Crippen molar-refractivity contribution in [3.8, 4) is 0 Å². The highest BCUT2D eigenvalue weighted by atomic mass is 19.1. The summed E-state index contributed by atoms with van der Waals surface area (Å²) in [5.41, 5.74) is 1.45. The van der Waals surface area contributed by atoms with Crippen LogP contribution in [0.4, 0.5) is 4.39 Å². The second kappa shape index (κ2) is 13.3. The minimum absolute atomic E-state index is 0.209. The molecule has 0 radical (unpaired) electrons. The van der Waals surface area contributed by atoms with Crippen LogP contribution in [0, 0.1) is 5.82 Å². The molecule has 1 amide bonds. The molecule has 0 unspecified atom stereocenters. The van der Waals surface area contributed by atoms with Crippen molar-refractivity contribution in [2.45, 2.75) is 79.2 Å². The summed E-state index contributed by atoms with van der Waals surface area (Å²) in [6, 6.07) is 5.53. The van der Waals surface area contributed by atoms with Crippen LogP contribution in [0.1, 0.15) is 85.0 Å². The van der Waals surface area contributed by atoms with Crippen LogP contribution >= 0.6 is 0 Å². The molecule has 1 aliphatic rings. The number of hydrogen-bond acceptors (Lipinski definition) is 2. The topological polar surface area (TPSA) is 38.1 Å². The molecule has 0 bridgehead atoms. The zero-order chi connectivity index (χ0) is 21.0. The van der Waals surface area contributed by atoms with Crippen LogP contribution in [-0.2, 0) is 4.79 Å². The molecule has 1 fully saturated rings. The van der Waals surface area contributed by atoms with E-state index in [1.165, 1.54) is 36.6 Å². The number of amides is 1. The van der Waals surface area contributed by atoms with E-state index < -0.39 is 0 Å². The van der Waals surface area contributed by atoms with Gasteiger partial charge in [0.2, 0.25) is 6.41 Å². The van der Waals surface area contributed by atoms with E-state index in [1.807, 2.05) is 19.9 Å². The molecule has 1 aromatic heterocycles. The number of unbranched alkanes of at least 4 members (excludes halogenated alkanes) is 1. The summed E-state index contributed by atoms with van der Waals surface area (Å²) in [4.78, 5) is 15.4. The van der Waals surface area contributed by atoms with Gasteiger partial charge in [0.1, 0.15) is 11.3 Å². The maximum Gasteiger partial charge on any atom is 0.209 e. The molecule has 2 aromatic rings. The first-order valence-corrected chi connectivity index (χ1v) is 10.1. The van der Waals surface area contributed by atoms with Crippen LogP contribution in [0.3, 0.4) is 0 Å². The highest BCUT2D eigenvalue weighted by Crippen LogP contribution is 2.41. The minimum Gasteiger partial charge on any atom is -0.351 e. The van der Waals surface area contributed by atoms with Crippen molar-refractivity contribution in [1.82, 2.24) is 14.5 Å². The van der Waals surface area contributed by atoms with Crippen molar-refractivity contribution in [2.75, 3.05) is 14.1 Å². The SMILES string of the molecule is CC.CC(C)n1c(C2CC2)nc2c(F)cccc21.CCCC.CN(C)C=O. The van der Waals surface area contributed by atoms with Gasteiger partial charge in [-0.05, 0) is 38.8 Å². The highest BCUT2D eigenvalue weighted by molar-refractivity contribution is 5.77. The molecule has 3 rings (SSSR count). The average molecular weight is 380 g/mol. The Morgan fingerprint density at radius 2 is 1.74 bits per heavy atom. The number of hydrogen-bond donors (Lipinski definition) is 0. The predicted molar refractivity (Wildman–Crippen MR) is 114 cm³/mol. The van der Waals surface area contributed by atoms with Crippen molar-refractivity contribution >= 4 is 17.4 Å². The normalized spacial score (nSPS) is 12.2. The summed E-state index contributed by atoms with van der Waals surface area (Å²) in [7, 11) is 3.38. The van der Waals surface area contributed by atoms with Gasteiger partial charge in [-0.3, -0.25) is 4.79 Å². The Balaban J connectivity index is 0.000000517. The molecule has 1 aliphatic carbocycles. The lowest BCUT2D eigenvalue weighted by Crippen LogP contribution is -2.06. The molecule has 1 saturated carbocycles. The summed E-state index contributed by atoms with van der Waals surface area (Å²) < 4.78 is 15.8. The third kappa shape index (κ3) is 8.10. The van der Waals surface area contributed by atoms with E-state index in [-0.39, 0.29) is 5.82 Å². The number of benzene rings is 1. The maximum atomic E-state index is 13.7. The van der Waals surface area contributed by atoms with Crippen molar-refractivity contribution in [3.63, 3.8) is 0 Å². The fourth-order valence-corrected chi connectivity index (χ4v) is 2.27. The lowest BCUT2D eigenvalue weighted by atomic mass is 10.2. The molecule has 4 nitrogen and oxygen atoms in total. The highest BCUT2D eigenvalue weighted by Gasteiger charge is 2.30. The van der Waals surface area contributed by atoms with Gasteiger partial charge in [-0.25, -0.2) is 9.37 Å². The van der Waals surface area contributed by atoms with E-state index in [4.69, 9.17) is 0 Å². The number of fused-ring (bicyclic) bond motifs is 1. The van der Waals surface area contributed by atoms with E-state index >= 15 is 0 Å². The number of nitrogens with zero attached hydrogens (tertiary/aromatic N) is 3. The Bertz CT molecular complexity index is 659. The monoisotopic (exact) mass is 379 g/mol. The fraction of sp³-hybridized carbons (Fsp3) is 0.636. The number of para-hydroxylation sites is 1. The first-order chi connectivity index (χ1) is 12.9. The van der Waals surface area contributed by atoms with Gasteiger partial charge >= 0.3 is 0 Å². The first-order valence-electron chi connectivity index (χ1n) is 10.1. The van der Waals surface area contributed by atoms with Gasteiger partial charge in [-0.2, -0.15) is 0 Å². The Hall–Kier alpha value is -1.91. The van der Waals surface area contributed by atoms with E-state index in [0.29, 0.717) is 17.5 Å². The molecule has 27 heavy (non-hydrogen) atoms. The van der Waals surface area contributed by atoms with E-state index in [9.17, 15) is 9.18 Å². The van der Waals surface area contributed by atoms with Crippen molar-refractivity contribution < 1.29 is 9.18 Å². The van der Waals surface area contributed by atoms with Crippen molar-refractivity contribution in [1.29, 1.82) is 0 Å². The van der Waals surface area contributed by atoms with Crippen molar-refractivity contribution in [2.24, 2.45) is 0 Å². The largest absolute Gasteiger partial charge is 0.351 e. The van der Waals surface area contributed by atoms with Crippen LogP contribution in [-0.4, -0.2) is 35.0 Å². The molecule has 154 valence electrons. The van der Waals surface area contributed by atoms with Crippen LogP contribution in [0.2, 0.25) is 0 Å². The van der Waals surface area contributed by atoms with E-state index in [0.717, 1.165) is 17.8 Å². The summed E-state index contributed by atoms with van der Waals surface area (Å²) in [5.74, 6) is 1.41. The lowest BCUT2D eigenvalue weighted by Gasteiger charge is -2.12. The van der Waals surface area contributed by atoms with Crippen LogP contribution in [0.15, 0.2) is 18.2 Å². The van der Waals surface area contributed by atoms with Gasteiger partial charge in [0.25, 0.3) is 0 Å². The van der Waals surface area contributed by atoms with Gasteiger partial charge in [-0.15, -0.1) is 0 Å². The lowest BCUT2D eigenvalue weighted by molar-refractivity contribution is -0.115. The number of carbonyl (C=O) groups excluding carboxylic acids is 1. The third-order valence-electron chi connectivity index (χ3n) is 3.87. The van der Waals surface area contributed by atoms with Gasteiger partial charge in [0, 0.05) is 26.1 Å². The number of imidazole rings is 1. The summed E-state index contributed by atoms with van der Waals surface area (Å²) in [5, 5.41) is 0. The van der Waals surface area contributed by atoms with Gasteiger partial charge in [0.15, 0.2) is 5.82 Å². The molecule has 1 heterocycles. The molecular formula is C22H38FN3O. The van der Waals surface area contributed by atoms with Gasteiger partial charge in [-0.1, -0.05) is 46.6 Å². The summed E-state index contributed by atoms with van der Waals surface area (Å²) >= 11 is 0. The molecule has 0 spiro atoms. The summed E-state index contributed by atoms with van der Waals surface area (Å²) in [6.45, 7) is 12.6. The number of carbonyl (C=O) groups is 1. The average Bonchev–Trinajstić information content (AvgIpc) is 3.44. The molecule has 5 heteroatoms. The molecule has 1 aromatic carbocycles. The molecular weight excluding hydrogens is 341 g/mol. The van der Waals surface area contributed by atoms with Crippen molar-refractivity contribution in [3.05, 3.63) is 29.8 Å². The zero-order valence-electron chi connectivity index (χ0n) is 18.4. The van der Waals surface area contributed by atoms with Gasteiger partial charge in [0.05, 0.1) is 5.52 Å². The Labute approximate surface area is 164 Å². The zero-order valence-corrected chi connectivity index (χ0v) is 18.4. The van der Waals surface area contributed by atoms with Crippen LogP contribution in [0.25, 0.3) is 11.0 Å². The Kier molecular flexibility index (Phi) is 12.3. The molecule has 0 saturated heterocycles. The minimum atomic E-state index is -0.209. The van der Waals surface area contributed by atoms with Gasteiger partial charge < -0.3 is 9.47 Å². The molecule has 0 N–H and O–H groups in total. The predicted octanol–water partition coefficient (Wildman–Crippen LogP) is 6.17. The Morgan fingerprint density at radius 3 is 2.11 bits per heavy atom. The number of aromatic nitrogens is 2. The Morgan fingerprint density at radius 1 is 1.22 bits per heavy atom.